The van der Waals surface area contributed by atoms with Crippen molar-refractivity contribution in [3.05, 3.63) is 24.0 Å². The van der Waals surface area contributed by atoms with Crippen LogP contribution in [0, 0.1) is 17.2 Å². The minimum atomic E-state index is -0.973. The molecule has 1 fully saturated rings. The first-order valence-corrected chi connectivity index (χ1v) is 11.7. The lowest BCUT2D eigenvalue weighted by molar-refractivity contribution is -0.140. The molecule has 0 aromatic heterocycles. The molecule has 178 valence electrons. The lowest BCUT2D eigenvalue weighted by atomic mass is 9.93. The Hall–Kier alpha value is -3.56. The number of nitrogen functional groups attached to an aromatic ring is 1. The molecule has 0 saturated carbocycles. The number of nitrogens with two attached hydrogens (primary N) is 1. The van der Waals surface area contributed by atoms with Crippen LogP contribution in [0.25, 0.3) is 11.5 Å². The maximum Gasteiger partial charge on any atom is 0.251 e. The van der Waals surface area contributed by atoms with Gasteiger partial charge in [-0.1, -0.05) is 0 Å². The predicted molar refractivity (Wildman–Crippen MR) is 123 cm³/mol. The molecule has 4 rings (SSSR count). The normalized spacial score (nSPS) is 15.4. The fourth-order valence-electron chi connectivity index (χ4n) is 4.00. The number of carbonyl (C=O) groups excluding carboxylic acids is 1. The minimum Gasteiger partial charge on any atom is -0.504 e. The molecule has 11 nitrogen and oxygen atoms in total. The van der Waals surface area contributed by atoms with E-state index in [-0.39, 0.29) is 28.8 Å². The maximum absolute atomic E-state index is 12.0. The molecule has 3 aliphatic heterocycles. The minimum absolute atomic E-state index is 0.188. The number of anilines is 1. The van der Waals surface area contributed by atoms with Gasteiger partial charge in [0.05, 0.1) is 11.9 Å². The number of phenolic OH excluding ortho intramolecular Hbond substituents is 2. The van der Waals surface area contributed by atoms with Gasteiger partial charge in [0, 0.05) is 30.6 Å². The highest BCUT2D eigenvalue weighted by molar-refractivity contribution is 7.99. The van der Waals surface area contributed by atoms with Crippen molar-refractivity contribution in [2.45, 2.75) is 48.9 Å². The van der Waals surface area contributed by atoms with E-state index in [1.54, 1.807) is 11.2 Å². The number of nitrogens with zero attached hydrogens (tertiary/aromatic N) is 6. The first-order chi connectivity index (χ1) is 16.3. The number of aryl methyl sites for hydroxylation is 1. The van der Waals surface area contributed by atoms with Crippen LogP contribution in [0.15, 0.2) is 28.5 Å². The number of piperidine rings is 1. The summed E-state index contributed by atoms with van der Waals surface area (Å²) in [6.45, 7) is 3.40. The van der Waals surface area contributed by atoms with E-state index >= 15 is 0 Å². The number of fused-ring (bicyclic) bond motifs is 1. The molecule has 1 saturated heterocycles. The Balaban J connectivity index is 1.48. The van der Waals surface area contributed by atoms with Gasteiger partial charge in [0.25, 0.3) is 5.91 Å². The molecule has 0 spiro atoms. The van der Waals surface area contributed by atoms with Crippen molar-refractivity contribution in [1.82, 2.24) is 24.4 Å². The van der Waals surface area contributed by atoms with Crippen molar-refractivity contribution < 1.29 is 20.1 Å². The second-order valence-corrected chi connectivity index (χ2v) is 9.29. The standard InChI is InChI=1S/C22H25N7O4S/c1-12(30)21(33)28-5-2-13(3-6-28)4-7-29-11-25-19(24)18-20(29)27-22(26-18)34-17-9-16(32)15(31)8-14(17)10-23/h8-9,11-13,30-32H,2-7,24H2,1H3/t12-/m0/s1. The van der Waals surface area contributed by atoms with Gasteiger partial charge < -0.3 is 30.5 Å². The molecule has 1 atom stereocenters. The van der Waals surface area contributed by atoms with Crippen molar-refractivity contribution in [3.8, 4) is 29.1 Å². The van der Waals surface area contributed by atoms with Crippen molar-refractivity contribution in [2.75, 3.05) is 18.8 Å². The molecule has 1 aromatic carbocycles. The molecule has 5 N–H and O–H groups in total. The molecule has 12 heteroatoms. The number of aliphatic hydroxyl groups excluding tert-OH is 1. The van der Waals surface area contributed by atoms with E-state index in [9.17, 15) is 25.4 Å². The summed E-state index contributed by atoms with van der Waals surface area (Å²) in [5.41, 5.74) is 6.66. The van der Waals surface area contributed by atoms with E-state index in [0.717, 1.165) is 31.0 Å². The highest BCUT2D eigenvalue weighted by Crippen LogP contribution is 2.38. The Morgan fingerprint density at radius 2 is 2.00 bits per heavy atom. The van der Waals surface area contributed by atoms with Gasteiger partial charge in [-0.05, 0) is 49.9 Å². The summed E-state index contributed by atoms with van der Waals surface area (Å²) in [5, 5.41) is 38.6. The number of amides is 1. The number of benzene rings is 1. The lowest BCUT2D eigenvalue weighted by Gasteiger charge is -2.33. The van der Waals surface area contributed by atoms with Crippen LogP contribution < -0.4 is 5.73 Å². The van der Waals surface area contributed by atoms with E-state index in [4.69, 9.17) is 5.73 Å². The number of hydrogen-bond donors (Lipinski definition) is 4. The quantitative estimate of drug-likeness (QED) is 0.378. The van der Waals surface area contributed by atoms with E-state index in [0.29, 0.717) is 47.1 Å². The number of nitriles is 1. The maximum atomic E-state index is 12.0. The smallest absolute Gasteiger partial charge is 0.251 e. The summed E-state index contributed by atoms with van der Waals surface area (Å²) in [5.74, 6) is 0.295. The third-order valence-corrected chi connectivity index (χ3v) is 6.85. The number of rotatable bonds is 6. The van der Waals surface area contributed by atoms with Crippen LogP contribution in [0.3, 0.4) is 0 Å². The molecule has 1 amide bonds. The first kappa shape index (κ1) is 23.6. The topological polar surface area (TPSA) is 174 Å². The van der Waals surface area contributed by atoms with Gasteiger partial charge in [0.15, 0.2) is 34.0 Å². The molecule has 1 aromatic rings. The molecule has 3 aliphatic rings. The second-order valence-electron chi connectivity index (χ2n) is 8.29. The summed E-state index contributed by atoms with van der Waals surface area (Å²) in [4.78, 5) is 27.3. The molecule has 0 aliphatic carbocycles. The first-order valence-electron chi connectivity index (χ1n) is 10.9. The van der Waals surface area contributed by atoms with Crippen molar-refractivity contribution in [3.63, 3.8) is 0 Å². The van der Waals surface area contributed by atoms with Gasteiger partial charge in [-0.2, -0.15) is 5.26 Å². The molecule has 0 bridgehead atoms. The Kier molecular flexibility index (Phi) is 6.76. The van der Waals surface area contributed by atoms with Gasteiger partial charge in [0.2, 0.25) is 0 Å². The largest absolute Gasteiger partial charge is 0.504 e. The number of aromatic hydroxyl groups is 2. The average molecular weight is 484 g/mol. The van der Waals surface area contributed by atoms with E-state index in [1.807, 2.05) is 10.6 Å². The van der Waals surface area contributed by atoms with Crippen molar-refractivity contribution in [1.29, 1.82) is 5.26 Å². The van der Waals surface area contributed by atoms with Gasteiger partial charge in [-0.25, -0.2) is 15.0 Å². The summed E-state index contributed by atoms with van der Waals surface area (Å²) in [6, 6.07) is 4.47. The lowest BCUT2D eigenvalue weighted by Crippen LogP contribution is -2.43. The van der Waals surface area contributed by atoms with Crippen LogP contribution in [-0.4, -0.2) is 64.8 Å². The van der Waals surface area contributed by atoms with Crippen LogP contribution in [0.4, 0.5) is 5.82 Å². The van der Waals surface area contributed by atoms with Crippen LogP contribution in [-0.2, 0) is 11.3 Å². The molecular weight excluding hydrogens is 458 g/mol. The van der Waals surface area contributed by atoms with Crippen LogP contribution in [0.2, 0.25) is 0 Å². The van der Waals surface area contributed by atoms with Crippen LogP contribution in [0.1, 0.15) is 31.7 Å². The predicted octanol–water partition coefficient (Wildman–Crippen LogP) is 1.80. The Morgan fingerprint density at radius 1 is 1.29 bits per heavy atom. The highest BCUT2D eigenvalue weighted by Gasteiger charge is 2.26. The second kappa shape index (κ2) is 9.74. The van der Waals surface area contributed by atoms with Gasteiger partial charge in [-0.3, -0.25) is 4.79 Å². The Morgan fingerprint density at radius 3 is 2.68 bits per heavy atom. The Bertz CT molecular complexity index is 1210. The Labute approximate surface area is 200 Å². The molecule has 34 heavy (non-hydrogen) atoms. The number of aromatic nitrogens is 4. The summed E-state index contributed by atoms with van der Waals surface area (Å²) in [7, 11) is 0. The average Bonchev–Trinajstić information content (AvgIpc) is 3.25. The van der Waals surface area contributed by atoms with E-state index < -0.39 is 6.10 Å². The molecule has 0 radical (unpaired) electrons. The monoisotopic (exact) mass is 483 g/mol. The number of hydrogen-bond acceptors (Lipinski definition) is 10. The molecule has 0 unspecified atom stereocenters. The van der Waals surface area contributed by atoms with Crippen molar-refractivity contribution in [2.24, 2.45) is 5.92 Å². The zero-order valence-electron chi connectivity index (χ0n) is 18.5. The third kappa shape index (κ3) is 4.85. The number of likely N-dealkylation sites (tertiary alicyclic amines) is 1. The highest BCUT2D eigenvalue weighted by atomic mass is 32.2. The SMILES string of the molecule is C[C@H](O)C(=O)N1CCC(CCn2cnc(N)c3nc(Sc4cc(O)c(O)cc4C#N)nc2-3)CC1. The van der Waals surface area contributed by atoms with Crippen molar-refractivity contribution >= 4 is 23.5 Å². The number of carbonyl (C=O) groups is 1. The summed E-state index contributed by atoms with van der Waals surface area (Å²) in [6.07, 6.45) is 3.24. The molecular formula is C22H25N7O4S. The van der Waals surface area contributed by atoms with E-state index in [2.05, 4.69) is 15.0 Å². The number of aliphatic hydroxyl groups is 1. The molecule has 3 heterocycles. The van der Waals surface area contributed by atoms with Gasteiger partial charge in [-0.15, -0.1) is 0 Å². The number of phenols is 2. The zero-order chi connectivity index (χ0) is 24.4. The summed E-state index contributed by atoms with van der Waals surface area (Å²) < 4.78 is 1.88. The summed E-state index contributed by atoms with van der Waals surface area (Å²) >= 11 is 1.09. The third-order valence-electron chi connectivity index (χ3n) is 5.93. The van der Waals surface area contributed by atoms with E-state index in [1.165, 1.54) is 19.1 Å². The fourth-order valence-corrected chi connectivity index (χ4v) is 4.85. The van der Waals surface area contributed by atoms with Crippen LogP contribution >= 0.6 is 11.8 Å². The number of imidazole rings is 1. The van der Waals surface area contributed by atoms with Gasteiger partial charge >= 0.3 is 0 Å². The fraction of sp³-hybridized carbons (Fsp3) is 0.409. The van der Waals surface area contributed by atoms with Crippen LogP contribution in [0.5, 0.6) is 11.5 Å². The zero-order valence-corrected chi connectivity index (χ0v) is 19.4. The van der Waals surface area contributed by atoms with Gasteiger partial charge in [0.1, 0.15) is 12.2 Å².